The Morgan fingerprint density at radius 3 is 2.74 bits per heavy atom. The van der Waals surface area contributed by atoms with Gasteiger partial charge in [0.2, 0.25) is 0 Å². The lowest BCUT2D eigenvalue weighted by atomic mass is 10.1. The van der Waals surface area contributed by atoms with E-state index in [0.29, 0.717) is 41.3 Å². The van der Waals surface area contributed by atoms with Crippen molar-refractivity contribution in [2.75, 3.05) is 33.5 Å². The number of alkyl halides is 2. The van der Waals surface area contributed by atoms with Crippen molar-refractivity contribution in [3.63, 3.8) is 0 Å². The van der Waals surface area contributed by atoms with E-state index in [2.05, 4.69) is 15.2 Å². The van der Waals surface area contributed by atoms with Gasteiger partial charge < -0.3 is 24.3 Å². The van der Waals surface area contributed by atoms with Crippen molar-refractivity contribution in [2.24, 2.45) is 0 Å². The lowest BCUT2D eigenvalue weighted by molar-refractivity contribution is -0.0708. The van der Waals surface area contributed by atoms with Crippen LogP contribution in [0, 0.1) is 0 Å². The monoisotopic (exact) mass is 542 g/mol. The first-order valence-corrected chi connectivity index (χ1v) is 13.4. The molecule has 1 amide bonds. The fourth-order valence-electron chi connectivity index (χ4n) is 5.44. The number of imidazole rings is 1. The maximum absolute atomic E-state index is 13.3. The zero-order valence-corrected chi connectivity index (χ0v) is 21.8. The third kappa shape index (κ3) is 5.51. The quantitative estimate of drug-likeness (QED) is 0.390. The highest BCUT2D eigenvalue weighted by molar-refractivity contribution is 6.01. The van der Waals surface area contributed by atoms with Gasteiger partial charge >= 0.3 is 6.61 Å². The molecule has 1 N–H and O–H groups in total. The number of amides is 1. The van der Waals surface area contributed by atoms with Crippen LogP contribution in [0.15, 0.2) is 36.7 Å². The number of nitrogens with one attached hydrogen (secondary N) is 1. The molecule has 1 aromatic carbocycles. The van der Waals surface area contributed by atoms with Crippen LogP contribution in [0.25, 0.3) is 16.9 Å². The first kappa shape index (κ1) is 25.8. The normalized spacial score (nSPS) is 19.8. The second kappa shape index (κ2) is 11.0. The van der Waals surface area contributed by atoms with E-state index in [1.165, 1.54) is 26.0 Å². The molecule has 3 aliphatic rings. The molecule has 6 rings (SSSR count). The molecule has 1 atom stereocenters. The molecule has 2 aliphatic heterocycles. The van der Waals surface area contributed by atoms with Gasteiger partial charge in [-0.1, -0.05) is 0 Å². The molecule has 1 unspecified atom stereocenters. The Balaban J connectivity index is 1.20. The predicted octanol–water partition coefficient (Wildman–Crippen LogP) is 4.14. The summed E-state index contributed by atoms with van der Waals surface area (Å²) in [5.41, 5.74) is 1.74. The molecule has 2 saturated heterocycles. The lowest BCUT2D eigenvalue weighted by Gasteiger charge is -2.38. The van der Waals surface area contributed by atoms with Crippen LogP contribution in [0.5, 0.6) is 17.2 Å². The summed E-state index contributed by atoms with van der Waals surface area (Å²) in [6, 6.07) is 7.88. The number of ether oxygens (including phenoxy) is 4. The van der Waals surface area contributed by atoms with E-state index in [4.69, 9.17) is 18.9 Å². The Morgan fingerprint density at radius 2 is 2.03 bits per heavy atom. The molecule has 1 aliphatic carbocycles. The molecule has 4 heterocycles. The standard InChI is InChI=1S/C28H32F2N4O5/c1-36-23-11-17(12-24(39-28(29)30)26(23)27(35)32-18-4-5-18)22-14-31-25-13-21(6-9-34(22)25)38-10-7-19-3-2-8-33(19)20-15-37-16-20/h6,9,11-14,18-20,28H,2-5,7-8,10,15-16H2,1H3,(H,32,35). The zero-order chi connectivity index (χ0) is 26.9. The van der Waals surface area contributed by atoms with Gasteiger partial charge in [-0.3, -0.25) is 14.1 Å². The topological polar surface area (TPSA) is 86.6 Å². The molecule has 11 heteroatoms. The molecule has 1 saturated carbocycles. The van der Waals surface area contributed by atoms with E-state index in [1.54, 1.807) is 12.3 Å². The fourth-order valence-corrected chi connectivity index (χ4v) is 5.44. The van der Waals surface area contributed by atoms with Gasteiger partial charge in [-0.25, -0.2) is 4.98 Å². The number of likely N-dealkylation sites (tertiary alicyclic amines) is 1. The fraction of sp³-hybridized carbons (Fsp3) is 0.500. The largest absolute Gasteiger partial charge is 0.496 e. The molecule has 208 valence electrons. The smallest absolute Gasteiger partial charge is 0.387 e. The summed E-state index contributed by atoms with van der Waals surface area (Å²) in [5.74, 6) is 0.105. The van der Waals surface area contributed by atoms with Crippen molar-refractivity contribution in [1.82, 2.24) is 19.6 Å². The molecule has 39 heavy (non-hydrogen) atoms. The number of hydrogen-bond acceptors (Lipinski definition) is 7. The summed E-state index contributed by atoms with van der Waals surface area (Å²) in [5, 5.41) is 2.81. The molecule has 0 spiro atoms. The first-order chi connectivity index (χ1) is 19.0. The number of pyridine rings is 1. The van der Waals surface area contributed by atoms with Gasteiger partial charge in [0.05, 0.1) is 44.9 Å². The molecule has 0 radical (unpaired) electrons. The van der Waals surface area contributed by atoms with Gasteiger partial charge in [0.15, 0.2) is 0 Å². The molecule has 3 aromatic rings. The van der Waals surface area contributed by atoms with Crippen molar-refractivity contribution in [3.8, 4) is 28.5 Å². The maximum atomic E-state index is 13.3. The molecule has 3 fully saturated rings. The zero-order valence-electron chi connectivity index (χ0n) is 21.8. The van der Waals surface area contributed by atoms with Gasteiger partial charge in [-0.2, -0.15) is 8.78 Å². The number of carbonyl (C=O) groups excluding carboxylic acids is 1. The van der Waals surface area contributed by atoms with Crippen molar-refractivity contribution < 1.29 is 32.5 Å². The lowest BCUT2D eigenvalue weighted by Crippen LogP contribution is -2.51. The van der Waals surface area contributed by atoms with Crippen LogP contribution in [0.1, 0.15) is 42.5 Å². The molecular formula is C28H32F2N4O5. The summed E-state index contributed by atoms with van der Waals surface area (Å²) >= 11 is 0. The Labute approximate surface area is 225 Å². The number of benzene rings is 1. The number of rotatable bonds is 11. The number of nitrogens with zero attached hydrogens (tertiary/aromatic N) is 3. The van der Waals surface area contributed by atoms with Crippen LogP contribution in [0.4, 0.5) is 8.78 Å². The minimum atomic E-state index is -3.10. The number of halogens is 2. The second-order valence-corrected chi connectivity index (χ2v) is 10.3. The predicted molar refractivity (Wildman–Crippen MR) is 139 cm³/mol. The number of carbonyl (C=O) groups is 1. The van der Waals surface area contributed by atoms with Gasteiger partial charge in [0, 0.05) is 29.9 Å². The average molecular weight is 543 g/mol. The van der Waals surface area contributed by atoms with Crippen molar-refractivity contribution in [2.45, 2.75) is 56.8 Å². The van der Waals surface area contributed by atoms with Crippen LogP contribution in [-0.4, -0.2) is 78.4 Å². The third-order valence-corrected chi connectivity index (χ3v) is 7.65. The SMILES string of the molecule is COc1cc(-c2cnc3cc(OCCC4CCCN4C4COC4)ccn23)cc(OC(F)F)c1C(=O)NC1CC1. The molecular weight excluding hydrogens is 510 g/mol. The number of methoxy groups -OCH3 is 1. The van der Waals surface area contributed by atoms with E-state index in [-0.39, 0.29) is 23.1 Å². The summed E-state index contributed by atoms with van der Waals surface area (Å²) in [6.45, 7) is 0.289. The highest BCUT2D eigenvalue weighted by atomic mass is 19.3. The third-order valence-electron chi connectivity index (χ3n) is 7.65. The van der Waals surface area contributed by atoms with Gasteiger partial charge in [-0.05, 0) is 56.8 Å². The van der Waals surface area contributed by atoms with Crippen LogP contribution in [0.3, 0.4) is 0 Å². The molecule has 0 bridgehead atoms. The van der Waals surface area contributed by atoms with E-state index in [1.807, 2.05) is 22.7 Å². The summed E-state index contributed by atoms with van der Waals surface area (Å²) < 4.78 is 50.1. The Hall–Kier alpha value is -3.44. The number of fused-ring (bicyclic) bond motifs is 1. The van der Waals surface area contributed by atoms with Crippen LogP contribution >= 0.6 is 0 Å². The van der Waals surface area contributed by atoms with E-state index < -0.39 is 12.5 Å². The van der Waals surface area contributed by atoms with Crippen LogP contribution in [0.2, 0.25) is 0 Å². The first-order valence-electron chi connectivity index (χ1n) is 13.4. The van der Waals surface area contributed by atoms with E-state index >= 15 is 0 Å². The summed E-state index contributed by atoms with van der Waals surface area (Å²) in [4.78, 5) is 19.9. The Bertz CT molecular complexity index is 1340. The Kier molecular flexibility index (Phi) is 7.26. The van der Waals surface area contributed by atoms with Gasteiger partial charge in [0.1, 0.15) is 28.5 Å². The second-order valence-electron chi connectivity index (χ2n) is 10.3. The van der Waals surface area contributed by atoms with Gasteiger partial charge in [-0.15, -0.1) is 0 Å². The highest BCUT2D eigenvalue weighted by Gasteiger charge is 2.34. The van der Waals surface area contributed by atoms with Crippen molar-refractivity contribution >= 4 is 11.6 Å². The van der Waals surface area contributed by atoms with Crippen molar-refractivity contribution in [1.29, 1.82) is 0 Å². The van der Waals surface area contributed by atoms with E-state index in [9.17, 15) is 13.6 Å². The Morgan fingerprint density at radius 1 is 1.21 bits per heavy atom. The highest BCUT2D eigenvalue weighted by Crippen LogP contribution is 2.37. The van der Waals surface area contributed by atoms with Gasteiger partial charge in [0.25, 0.3) is 5.91 Å². The van der Waals surface area contributed by atoms with Crippen molar-refractivity contribution in [3.05, 3.63) is 42.2 Å². The van der Waals surface area contributed by atoms with Crippen LogP contribution < -0.4 is 19.5 Å². The summed E-state index contributed by atoms with van der Waals surface area (Å²) in [7, 11) is 1.39. The molecule has 2 aromatic heterocycles. The number of hydrogen-bond donors (Lipinski definition) is 1. The minimum Gasteiger partial charge on any atom is -0.496 e. The molecule has 9 nitrogen and oxygen atoms in total. The summed E-state index contributed by atoms with van der Waals surface area (Å²) in [6.07, 6.45) is 8.54. The van der Waals surface area contributed by atoms with E-state index in [0.717, 1.165) is 39.0 Å². The minimum absolute atomic E-state index is 0.0471. The van der Waals surface area contributed by atoms with Crippen LogP contribution in [-0.2, 0) is 4.74 Å². The average Bonchev–Trinajstić information content (AvgIpc) is 3.41. The maximum Gasteiger partial charge on any atom is 0.387 e. The number of aromatic nitrogens is 2.